The molecule has 3 aromatic carbocycles. The average Bonchev–Trinajstić information content (AvgIpc) is 3.25. The summed E-state index contributed by atoms with van der Waals surface area (Å²) in [6.45, 7) is 6.91. The lowest BCUT2D eigenvalue weighted by molar-refractivity contribution is -0.135. The van der Waals surface area contributed by atoms with Gasteiger partial charge in [0.1, 0.15) is 29.5 Å². The highest BCUT2D eigenvalue weighted by atomic mass is 16.5. The molecule has 16 heteroatoms. The maximum Gasteiger partial charge on any atom is 0.249 e. The molecule has 3 aromatic rings. The van der Waals surface area contributed by atoms with Gasteiger partial charge in [0.25, 0.3) is 0 Å². The molecule has 5 saturated heterocycles. The van der Waals surface area contributed by atoms with Crippen LogP contribution in [-0.2, 0) is 19.1 Å². The molecule has 5 fully saturated rings. The van der Waals surface area contributed by atoms with Crippen molar-refractivity contribution in [1.82, 2.24) is 20.0 Å². The fraction of sp³-hybridized carbons (Fsp3) is 0.444. The normalized spacial score (nSPS) is 22.8. The van der Waals surface area contributed by atoms with E-state index in [0.717, 1.165) is 61.8 Å². The van der Waals surface area contributed by atoms with Gasteiger partial charge in [-0.15, -0.1) is 0 Å². The van der Waals surface area contributed by atoms with Crippen LogP contribution in [0, 0.1) is 10.8 Å². The van der Waals surface area contributed by atoms with Crippen molar-refractivity contribution in [2.24, 2.45) is 5.73 Å². The number of phenolic OH excluding ortho intramolecular Hbond substituents is 1. The number of hydrogen-bond acceptors (Lipinski definition) is 13. The SMILES string of the molecule is CN(c1cccc(N2CCN(CC(=O)N3CCC(Oc4cccc(N5[C@H]6COC[C@H]5CN(/C(=C/C(=N)c5ccccc5O)C(=N)N)C6)c4)CC3)CC2)c1)[C@@H]1CCC(=O)NC1=O. The predicted molar refractivity (Wildman–Crippen MR) is 234 cm³/mol. The van der Waals surface area contributed by atoms with Crippen LogP contribution in [0.1, 0.15) is 31.2 Å². The Morgan fingerprint density at radius 3 is 2.31 bits per heavy atom. The fourth-order valence-electron chi connectivity index (χ4n) is 9.27. The standard InChI is InChI=1S/C45H56N10O6/c1-50(39-12-13-42(57)49-45(39)59)30-6-4-7-31(22-30)52-20-18-51(19-21-52)27-43(58)53-16-14-35(15-17-53)61-36-9-5-8-32(23-36)55-33-25-54(26-34(55)29-60-28-33)40(44(47)48)24-38(46)37-10-2-3-11-41(37)56/h2-11,22-24,33-35,39,46,56H,12-21,25-29H2,1H3,(H3,47,48)(H,49,57,59)/b40-24+,46-38?/t33-,34-,39-/m1/s1. The molecule has 0 saturated carbocycles. The number of nitrogens with two attached hydrogens (primary N) is 1. The number of nitrogens with one attached hydrogen (secondary N) is 3. The van der Waals surface area contributed by atoms with Gasteiger partial charge in [-0.1, -0.05) is 24.3 Å². The highest BCUT2D eigenvalue weighted by Crippen LogP contribution is 2.33. The number of morpholine rings is 1. The minimum absolute atomic E-state index is 0.00411. The summed E-state index contributed by atoms with van der Waals surface area (Å²) < 4.78 is 12.5. The summed E-state index contributed by atoms with van der Waals surface area (Å²) in [7, 11) is 1.89. The molecule has 0 unspecified atom stereocenters. The van der Waals surface area contributed by atoms with E-state index in [0.29, 0.717) is 70.0 Å². The number of ether oxygens (including phenoxy) is 2. The van der Waals surface area contributed by atoms with Crippen LogP contribution in [-0.4, -0.2) is 152 Å². The van der Waals surface area contributed by atoms with Gasteiger partial charge in [0.2, 0.25) is 17.7 Å². The van der Waals surface area contributed by atoms with E-state index in [1.54, 1.807) is 24.3 Å². The molecule has 0 spiro atoms. The molecule has 16 nitrogen and oxygen atoms in total. The number of likely N-dealkylation sites (tertiary alicyclic amines) is 1. The summed E-state index contributed by atoms with van der Waals surface area (Å²) in [5, 5.41) is 29.7. The Morgan fingerprint density at radius 2 is 1.61 bits per heavy atom. The monoisotopic (exact) mass is 832 g/mol. The molecular weight excluding hydrogens is 777 g/mol. The molecule has 0 aromatic heterocycles. The third-order valence-corrected chi connectivity index (χ3v) is 12.6. The summed E-state index contributed by atoms with van der Waals surface area (Å²) in [6.07, 6.45) is 3.90. The van der Waals surface area contributed by atoms with Gasteiger partial charge >= 0.3 is 0 Å². The Labute approximate surface area is 356 Å². The third kappa shape index (κ3) is 9.45. The molecule has 5 aliphatic rings. The van der Waals surface area contributed by atoms with Gasteiger partial charge in [-0.2, -0.15) is 0 Å². The van der Waals surface area contributed by atoms with E-state index >= 15 is 0 Å². The predicted octanol–water partition coefficient (Wildman–Crippen LogP) is 2.60. The zero-order valence-corrected chi connectivity index (χ0v) is 34.7. The van der Waals surface area contributed by atoms with Crippen molar-refractivity contribution in [3.63, 3.8) is 0 Å². The summed E-state index contributed by atoms with van der Waals surface area (Å²) in [4.78, 5) is 50.4. The van der Waals surface area contributed by atoms with Crippen LogP contribution in [0.5, 0.6) is 11.5 Å². The number of likely N-dealkylation sites (N-methyl/N-ethyl adjacent to an activating group) is 1. The number of carbonyl (C=O) groups is 3. The van der Waals surface area contributed by atoms with Crippen molar-refractivity contribution >= 4 is 46.3 Å². The number of piperazine rings is 2. The topological polar surface area (TPSA) is 195 Å². The highest BCUT2D eigenvalue weighted by molar-refractivity contribution is 6.12. The number of carbonyl (C=O) groups excluding carboxylic acids is 3. The van der Waals surface area contributed by atoms with E-state index in [2.05, 4.69) is 44.3 Å². The zero-order valence-electron chi connectivity index (χ0n) is 34.7. The van der Waals surface area contributed by atoms with Crippen molar-refractivity contribution in [3.8, 4) is 11.5 Å². The van der Waals surface area contributed by atoms with Crippen LogP contribution in [0.4, 0.5) is 17.1 Å². The maximum absolute atomic E-state index is 13.5. The van der Waals surface area contributed by atoms with Gasteiger partial charge in [0.05, 0.1) is 43.3 Å². The first-order valence-electron chi connectivity index (χ1n) is 21.2. The van der Waals surface area contributed by atoms with E-state index in [1.807, 2.05) is 46.0 Å². The molecule has 3 atom stereocenters. The number of piperidine rings is 2. The molecule has 2 bridgehead atoms. The third-order valence-electron chi connectivity index (χ3n) is 12.6. The van der Waals surface area contributed by atoms with Gasteiger partial charge < -0.3 is 50.2 Å². The number of rotatable bonds is 12. The van der Waals surface area contributed by atoms with Gasteiger partial charge in [0, 0.05) is 107 Å². The van der Waals surface area contributed by atoms with Gasteiger partial charge in [-0.3, -0.25) is 30.0 Å². The Hall–Kier alpha value is -6.13. The lowest BCUT2D eigenvalue weighted by Gasteiger charge is -2.52. The molecule has 322 valence electrons. The fourth-order valence-corrected chi connectivity index (χ4v) is 9.27. The first kappa shape index (κ1) is 41.6. The number of imide groups is 1. The second-order valence-corrected chi connectivity index (χ2v) is 16.6. The van der Waals surface area contributed by atoms with E-state index in [9.17, 15) is 19.5 Å². The minimum atomic E-state index is -0.381. The number of fused-ring (bicyclic) bond motifs is 2. The second kappa shape index (κ2) is 18.2. The van der Waals surface area contributed by atoms with E-state index in [4.69, 9.17) is 26.0 Å². The number of phenols is 1. The van der Waals surface area contributed by atoms with Crippen LogP contribution in [0.15, 0.2) is 84.6 Å². The van der Waals surface area contributed by atoms with Gasteiger partial charge in [-0.05, 0) is 55.0 Å². The number of para-hydroxylation sites is 1. The van der Waals surface area contributed by atoms with Crippen LogP contribution < -0.4 is 30.5 Å². The summed E-state index contributed by atoms with van der Waals surface area (Å²) in [5.41, 5.74) is 10.0. The van der Waals surface area contributed by atoms with Crippen LogP contribution in [0.2, 0.25) is 0 Å². The van der Waals surface area contributed by atoms with E-state index in [1.165, 1.54) is 6.07 Å². The molecule has 61 heavy (non-hydrogen) atoms. The zero-order chi connectivity index (χ0) is 42.6. The first-order chi connectivity index (χ1) is 29.5. The van der Waals surface area contributed by atoms with Crippen molar-refractivity contribution in [2.75, 3.05) is 93.9 Å². The van der Waals surface area contributed by atoms with Crippen molar-refractivity contribution in [1.29, 1.82) is 10.8 Å². The quantitative estimate of drug-likeness (QED) is 0.102. The van der Waals surface area contributed by atoms with E-state index in [-0.39, 0.29) is 59.2 Å². The van der Waals surface area contributed by atoms with Crippen molar-refractivity contribution in [2.45, 2.75) is 49.9 Å². The highest BCUT2D eigenvalue weighted by Gasteiger charge is 2.40. The van der Waals surface area contributed by atoms with E-state index < -0.39 is 0 Å². The number of allylic oxidation sites excluding steroid dienone is 1. The largest absolute Gasteiger partial charge is 0.507 e. The number of benzene rings is 3. The molecule has 5 heterocycles. The number of amidine groups is 1. The summed E-state index contributed by atoms with van der Waals surface area (Å²) in [5.74, 6) is 0.329. The molecule has 5 aliphatic heterocycles. The van der Waals surface area contributed by atoms with Crippen molar-refractivity contribution in [3.05, 3.63) is 90.1 Å². The summed E-state index contributed by atoms with van der Waals surface area (Å²) in [6, 6.07) is 22.6. The molecular formula is C45H56N10O6. The smallest absolute Gasteiger partial charge is 0.249 e. The summed E-state index contributed by atoms with van der Waals surface area (Å²) >= 11 is 0. The van der Waals surface area contributed by atoms with Crippen LogP contribution in [0.3, 0.4) is 0 Å². The van der Waals surface area contributed by atoms with Crippen LogP contribution >= 0.6 is 0 Å². The van der Waals surface area contributed by atoms with Gasteiger partial charge in [0.15, 0.2) is 0 Å². The van der Waals surface area contributed by atoms with Gasteiger partial charge in [-0.25, -0.2) is 0 Å². The molecule has 0 radical (unpaired) electrons. The Kier molecular flexibility index (Phi) is 12.4. The lowest BCUT2D eigenvalue weighted by Crippen LogP contribution is -2.65. The Bertz CT molecular complexity index is 2150. The number of amides is 3. The Balaban J connectivity index is 0.807. The molecule has 6 N–H and O–H groups in total. The Morgan fingerprint density at radius 1 is 0.902 bits per heavy atom. The van der Waals surface area contributed by atoms with Crippen LogP contribution in [0.25, 0.3) is 0 Å². The first-order valence-corrected chi connectivity index (χ1v) is 21.2. The number of hydrogen-bond donors (Lipinski definition) is 5. The second-order valence-electron chi connectivity index (χ2n) is 16.6. The molecule has 0 aliphatic carbocycles. The number of anilines is 3. The maximum atomic E-state index is 13.5. The minimum Gasteiger partial charge on any atom is -0.507 e. The number of nitrogens with zero attached hydrogens (tertiary/aromatic N) is 6. The lowest BCUT2D eigenvalue weighted by atomic mass is 10.0. The molecule has 3 amide bonds. The average molecular weight is 833 g/mol. The molecule has 8 rings (SSSR count). The van der Waals surface area contributed by atoms with Crippen molar-refractivity contribution < 1.29 is 29.0 Å². The number of aromatic hydroxyl groups is 1.